The summed E-state index contributed by atoms with van der Waals surface area (Å²) >= 11 is 0. The average molecular weight is 178 g/mol. The zero-order valence-electron chi connectivity index (χ0n) is 9.48. The summed E-state index contributed by atoms with van der Waals surface area (Å²) < 4.78 is 0. The summed E-state index contributed by atoms with van der Waals surface area (Å²) in [5.74, 6) is 6.50. The molecular weight excluding hydrogens is 156 g/mol. The van der Waals surface area contributed by atoms with E-state index in [-0.39, 0.29) is 0 Å². The zero-order chi connectivity index (χ0) is 10.3. The van der Waals surface area contributed by atoms with E-state index in [1.54, 1.807) is 0 Å². The second-order valence-corrected chi connectivity index (χ2v) is 4.29. The SMILES string of the molecule is C=CC(C#CC)CCC(C)(C)CC. The summed E-state index contributed by atoms with van der Waals surface area (Å²) in [5.41, 5.74) is 0.455. The lowest BCUT2D eigenvalue weighted by atomic mass is 9.83. The van der Waals surface area contributed by atoms with Crippen molar-refractivity contribution in [3.63, 3.8) is 0 Å². The molecule has 1 atom stereocenters. The van der Waals surface area contributed by atoms with Gasteiger partial charge in [0.25, 0.3) is 0 Å². The molecule has 1 unspecified atom stereocenters. The Balaban J connectivity index is 3.96. The summed E-state index contributed by atoms with van der Waals surface area (Å²) in [7, 11) is 0. The lowest BCUT2D eigenvalue weighted by Gasteiger charge is -2.23. The van der Waals surface area contributed by atoms with Crippen LogP contribution in [0.2, 0.25) is 0 Å². The highest BCUT2D eigenvalue weighted by atomic mass is 14.2. The minimum Gasteiger partial charge on any atom is -0.106 e. The first-order valence-electron chi connectivity index (χ1n) is 5.10. The van der Waals surface area contributed by atoms with E-state index < -0.39 is 0 Å². The molecule has 0 aromatic heterocycles. The molecule has 0 aromatic carbocycles. The molecule has 0 aliphatic rings. The third-order valence-electron chi connectivity index (χ3n) is 2.70. The predicted molar refractivity (Wildman–Crippen MR) is 60.4 cm³/mol. The molecule has 0 rings (SSSR count). The Morgan fingerprint density at radius 1 is 1.46 bits per heavy atom. The van der Waals surface area contributed by atoms with Gasteiger partial charge in [-0.25, -0.2) is 0 Å². The molecule has 0 aliphatic carbocycles. The first kappa shape index (κ1) is 12.3. The standard InChI is InChI=1S/C13H22/c1-6-9-12(7-2)10-11-13(4,5)8-3/h7,12H,2,8,10-11H2,1,3-5H3. The van der Waals surface area contributed by atoms with E-state index in [0.29, 0.717) is 11.3 Å². The first-order valence-corrected chi connectivity index (χ1v) is 5.10. The molecular formula is C13H22. The normalized spacial score (nSPS) is 12.9. The monoisotopic (exact) mass is 178 g/mol. The van der Waals surface area contributed by atoms with E-state index in [4.69, 9.17) is 0 Å². The highest BCUT2D eigenvalue weighted by molar-refractivity contribution is 5.07. The van der Waals surface area contributed by atoms with Gasteiger partial charge >= 0.3 is 0 Å². The topological polar surface area (TPSA) is 0 Å². The molecule has 0 saturated heterocycles. The lowest BCUT2D eigenvalue weighted by molar-refractivity contribution is 0.306. The van der Waals surface area contributed by atoms with Crippen molar-refractivity contribution in [1.29, 1.82) is 0 Å². The Hall–Kier alpha value is -0.700. The van der Waals surface area contributed by atoms with Gasteiger partial charge in [0.2, 0.25) is 0 Å². The Morgan fingerprint density at radius 2 is 2.08 bits per heavy atom. The average Bonchev–Trinajstić information content (AvgIpc) is 2.12. The van der Waals surface area contributed by atoms with E-state index in [1.807, 2.05) is 13.0 Å². The first-order chi connectivity index (χ1) is 6.05. The van der Waals surface area contributed by atoms with Crippen LogP contribution in [0.25, 0.3) is 0 Å². The number of allylic oxidation sites excluding steroid dienone is 1. The van der Waals surface area contributed by atoms with Crippen LogP contribution < -0.4 is 0 Å². The summed E-state index contributed by atoms with van der Waals surface area (Å²) in [6.45, 7) is 12.6. The van der Waals surface area contributed by atoms with E-state index >= 15 is 0 Å². The molecule has 0 aromatic rings. The molecule has 74 valence electrons. The van der Waals surface area contributed by atoms with Crippen LogP contribution in [0.1, 0.15) is 47.0 Å². The van der Waals surface area contributed by atoms with Crippen LogP contribution in [-0.4, -0.2) is 0 Å². The van der Waals surface area contributed by atoms with Crippen LogP contribution in [0.5, 0.6) is 0 Å². The highest BCUT2D eigenvalue weighted by Crippen LogP contribution is 2.28. The van der Waals surface area contributed by atoms with Crippen molar-refractivity contribution < 1.29 is 0 Å². The van der Waals surface area contributed by atoms with E-state index in [0.717, 1.165) is 6.42 Å². The van der Waals surface area contributed by atoms with Crippen molar-refractivity contribution in [3.8, 4) is 11.8 Å². The lowest BCUT2D eigenvalue weighted by Crippen LogP contribution is -2.11. The Morgan fingerprint density at radius 3 is 2.46 bits per heavy atom. The Kier molecular flexibility index (Phi) is 5.55. The van der Waals surface area contributed by atoms with Crippen molar-refractivity contribution >= 4 is 0 Å². The van der Waals surface area contributed by atoms with Gasteiger partial charge in [0.15, 0.2) is 0 Å². The molecule has 0 bridgehead atoms. The summed E-state index contributed by atoms with van der Waals surface area (Å²) in [5, 5.41) is 0. The maximum Gasteiger partial charge on any atom is 0.0380 e. The summed E-state index contributed by atoms with van der Waals surface area (Å²) in [6, 6.07) is 0. The molecule has 0 amide bonds. The second kappa shape index (κ2) is 5.86. The number of hydrogen-bond donors (Lipinski definition) is 0. The van der Waals surface area contributed by atoms with Crippen LogP contribution in [0, 0.1) is 23.2 Å². The molecule has 0 saturated carbocycles. The quantitative estimate of drug-likeness (QED) is 0.440. The van der Waals surface area contributed by atoms with E-state index in [9.17, 15) is 0 Å². The van der Waals surface area contributed by atoms with E-state index in [2.05, 4.69) is 39.2 Å². The minimum absolute atomic E-state index is 0.385. The second-order valence-electron chi connectivity index (χ2n) is 4.29. The molecule has 0 N–H and O–H groups in total. The molecule has 0 spiro atoms. The van der Waals surface area contributed by atoms with Gasteiger partial charge in [0.05, 0.1) is 0 Å². The van der Waals surface area contributed by atoms with Crippen LogP contribution in [0.4, 0.5) is 0 Å². The van der Waals surface area contributed by atoms with Crippen LogP contribution in [0.3, 0.4) is 0 Å². The van der Waals surface area contributed by atoms with Crippen molar-refractivity contribution in [2.75, 3.05) is 0 Å². The maximum atomic E-state index is 3.80. The molecule has 0 nitrogen and oxygen atoms in total. The summed E-state index contributed by atoms with van der Waals surface area (Å²) in [4.78, 5) is 0. The third-order valence-corrected chi connectivity index (χ3v) is 2.70. The predicted octanol–water partition coefficient (Wildman–Crippen LogP) is 4.03. The molecule has 0 aliphatic heterocycles. The van der Waals surface area contributed by atoms with Crippen molar-refractivity contribution in [2.45, 2.75) is 47.0 Å². The minimum atomic E-state index is 0.385. The van der Waals surface area contributed by atoms with Crippen LogP contribution in [0.15, 0.2) is 12.7 Å². The fourth-order valence-corrected chi connectivity index (χ4v) is 1.16. The van der Waals surface area contributed by atoms with Gasteiger partial charge in [0, 0.05) is 5.92 Å². The van der Waals surface area contributed by atoms with Crippen LogP contribution in [-0.2, 0) is 0 Å². The third kappa shape index (κ3) is 5.53. The largest absolute Gasteiger partial charge is 0.106 e. The number of hydrogen-bond acceptors (Lipinski definition) is 0. The Bertz CT molecular complexity index is 200. The van der Waals surface area contributed by atoms with Gasteiger partial charge in [-0.15, -0.1) is 12.5 Å². The van der Waals surface area contributed by atoms with Gasteiger partial charge in [-0.05, 0) is 25.2 Å². The van der Waals surface area contributed by atoms with Crippen molar-refractivity contribution in [1.82, 2.24) is 0 Å². The smallest absolute Gasteiger partial charge is 0.0380 e. The van der Waals surface area contributed by atoms with Gasteiger partial charge in [0.1, 0.15) is 0 Å². The van der Waals surface area contributed by atoms with E-state index in [1.165, 1.54) is 12.8 Å². The maximum absolute atomic E-state index is 3.80. The summed E-state index contributed by atoms with van der Waals surface area (Å²) in [6.07, 6.45) is 5.57. The van der Waals surface area contributed by atoms with Gasteiger partial charge in [-0.3, -0.25) is 0 Å². The van der Waals surface area contributed by atoms with Crippen LogP contribution >= 0.6 is 0 Å². The zero-order valence-corrected chi connectivity index (χ0v) is 9.48. The molecule has 0 heterocycles. The molecule has 0 radical (unpaired) electrons. The van der Waals surface area contributed by atoms with Crippen molar-refractivity contribution in [2.24, 2.45) is 11.3 Å². The van der Waals surface area contributed by atoms with Gasteiger partial charge in [-0.1, -0.05) is 39.2 Å². The highest BCUT2D eigenvalue weighted by Gasteiger charge is 2.15. The van der Waals surface area contributed by atoms with Crippen molar-refractivity contribution in [3.05, 3.63) is 12.7 Å². The fraction of sp³-hybridized carbons (Fsp3) is 0.692. The molecule has 0 heteroatoms. The fourth-order valence-electron chi connectivity index (χ4n) is 1.16. The molecule has 0 fully saturated rings. The molecule has 13 heavy (non-hydrogen) atoms. The Labute approximate surface area is 83.4 Å². The number of rotatable bonds is 5. The van der Waals surface area contributed by atoms with Gasteiger partial charge < -0.3 is 0 Å². The van der Waals surface area contributed by atoms with Gasteiger partial charge in [-0.2, -0.15) is 0 Å².